The number of hydrogen-bond donors (Lipinski definition) is 0. The van der Waals surface area contributed by atoms with Gasteiger partial charge in [0, 0.05) is 25.9 Å². The first-order valence-electron chi connectivity index (χ1n) is 3.06. The van der Waals surface area contributed by atoms with E-state index in [9.17, 15) is 0 Å². The number of hydrogen-bond acceptors (Lipinski definition) is 0. The Morgan fingerprint density at radius 2 is 1.88 bits per heavy atom. The van der Waals surface area contributed by atoms with E-state index in [1.807, 2.05) is 0 Å². The lowest BCUT2D eigenvalue weighted by Crippen LogP contribution is -2.29. The molecule has 0 aromatic heterocycles. The van der Waals surface area contributed by atoms with Crippen LogP contribution >= 0.6 is 0 Å². The molecule has 0 nitrogen and oxygen atoms in total. The minimum atomic E-state index is -0.0502. The predicted molar refractivity (Wildman–Crippen MR) is 44.1 cm³/mol. The fourth-order valence-electron chi connectivity index (χ4n) is 0.500. The molecule has 0 spiro atoms. The van der Waals surface area contributed by atoms with Gasteiger partial charge < -0.3 is 0 Å². The summed E-state index contributed by atoms with van der Waals surface area (Å²) in [5.74, 6) is 0. The van der Waals surface area contributed by atoms with E-state index in [4.69, 9.17) is 0 Å². The summed E-state index contributed by atoms with van der Waals surface area (Å²) in [7, 11) is 3.79. The van der Waals surface area contributed by atoms with Crippen molar-refractivity contribution in [3.63, 3.8) is 0 Å². The third kappa shape index (κ3) is 3.63. The molecule has 0 unspecified atom stereocenters. The second-order valence-corrected chi connectivity index (χ2v) is 13.8. The molecule has 0 heterocycles. The molecule has 0 aromatic carbocycles. The summed E-state index contributed by atoms with van der Waals surface area (Å²) in [5, 5.41) is 0. The molecule has 0 N–H and O–H groups in total. The third-order valence-electron chi connectivity index (χ3n) is 1.10. The summed E-state index contributed by atoms with van der Waals surface area (Å²) in [4.78, 5) is 0. The molecule has 0 rings (SSSR count). The van der Waals surface area contributed by atoms with Crippen LogP contribution in [0.3, 0.4) is 0 Å². The van der Waals surface area contributed by atoms with Gasteiger partial charge >= 0.3 is 0 Å². The predicted octanol–water partition coefficient (Wildman–Crippen LogP) is 1.39. The average molecular weight is 157 g/mol. The second kappa shape index (κ2) is 4.52. The van der Waals surface area contributed by atoms with Crippen LogP contribution in [0.4, 0.5) is 0 Å². The molecule has 0 fully saturated rings. The second-order valence-electron chi connectivity index (χ2n) is 2.23. The van der Waals surface area contributed by atoms with Crippen molar-refractivity contribution in [2.45, 2.75) is 32.5 Å². The molecular weight excluding hydrogens is 144 g/mol. The molecule has 3 heteroatoms. The van der Waals surface area contributed by atoms with Gasteiger partial charge in [-0.15, -0.1) is 0 Å². The van der Waals surface area contributed by atoms with Gasteiger partial charge in [-0.2, -0.15) is 0 Å². The van der Waals surface area contributed by atoms with E-state index < -0.39 is 0 Å². The summed E-state index contributed by atoms with van der Waals surface area (Å²) >= 11 is 0. The SMILES string of the molecule is CCC[Si]([Si])[Si](C)C. The maximum Gasteiger partial charge on any atom is 0.0274 e. The summed E-state index contributed by atoms with van der Waals surface area (Å²) in [5.41, 5.74) is 0. The van der Waals surface area contributed by atoms with E-state index in [-0.39, 0.29) is 16.1 Å². The zero-order valence-electron chi connectivity index (χ0n) is 5.91. The van der Waals surface area contributed by atoms with E-state index in [2.05, 4.69) is 29.8 Å². The lowest BCUT2D eigenvalue weighted by molar-refractivity contribution is 1.08. The lowest BCUT2D eigenvalue weighted by atomic mass is 10.6. The van der Waals surface area contributed by atoms with Crippen molar-refractivity contribution in [1.29, 1.82) is 0 Å². The normalized spacial score (nSPS) is 11.2. The van der Waals surface area contributed by atoms with Crippen LogP contribution in [-0.4, -0.2) is 25.9 Å². The van der Waals surface area contributed by atoms with Crippen molar-refractivity contribution in [2.75, 3.05) is 0 Å². The molecule has 0 bridgehead atoms. The fraction of sp³-hybridized carbons (Fsp3) is 1.00. The zero-order chi connectivity index (χ0) is 6.57. The Bertz CT molecular complexity index is 53.6. The molecule has 0 amide bonds. The summed E-state index contributed by atoms with van der Waals surface area (Å²) in [6, 6.07) is 1.45. The van der Waals surface area contributed by atoms with Crippen LogP contribution < -0.4 is 0 Å². The molecule has 0 atom stereocenters. The van der Waals surface area contributed by atoms with Crippen LogP contribution in [0.1, 0.15) is 13.3 Å². The Kier molecular flexibility index (Phi) is 4.89. The Morgan fingerprint density at radius 1 is 1.38 bits per heavy atom. The highest BCUT2D eigenvalue weighted by molar-refractivity contribution is 7.40. The smallest absolute Gasteiger partial charge is 0.0274 e. The van der Waals surface area contributed by atoms with E-state index >= 15 is 0 Å². The standard InChI is InChI=1S/C5H13Si3/c1-4-5-8(6)7(2)3/h4-5H2,1-3H3. The van der Waals surface area contributed by atoms with Crippen molar-refractivity contribution in [3.8, 4) is 0 Å². The Hall–Kier alpha value is 0.651. The van der Waals surface area contributed by atoms with Crippen molar-refractivity contribution in [1.82, 2.24) is 0 Å². The van der Waals surface area contributed by atoms with E-state index in [0.29, 0.717) is 0 Å². The van der Waals surface area contributed by atoms with Crippen LogP contribution in [0.2, 0.25) is 19.1 Å². The van der Waals surface area contributed by atoms with Gasteiger partial charge in [0.25, 0.3) is 0 Å². The third-order valence-corrected chi connectivity index (χ3v) is 12.9. The fourth-order valence-corrected chi connectivity index (χ4v) is 4.50. The van der Waals surface area contributed by atoms with Crippen molar-refractivity contribution in [2.24, 2.45) is 0 Å². The average Bonchev–Trinajstić information content (AvgIpc) is 1.67. The molecule has 5 radical (unpaired) electrons. The molecule has 0 aliphatic heterocycles. The Balaban J connectivity index is 3.17. The van der Waals surface area contributed by atoms with Crippen molar-refractivity contribution >= 4 is 25.9 Å². The zero-order valence-corrected chi connectivity index (χ0v) is 8.91. The van der Waals surface area contributed by atoms with Gasteiger partial charge in [0.1, 0.15) is 0 Å². The van der Waals surface area contributed by atoms with Crippen LogP contribution in [0.15, 0.2) is 0 Å². The molecule has 0 aromatic rings. The molecule has 45 valence electrons. The van der Waals surface area contributed by atoms with Gasteiger partial charge in [-0.1, -0.05) is 32.5 Å². The van der Waals surface area contributed by atoms with Gasteiger partial charge in [0.2, 0.25) is 0 Å². The Labute approximate surface area is 58.9 Å². The molecule has 0 aliphatic rings. The maximum absolute atomic E-state index is 3.80. The summed E-state index contributed by atoms with van der Waals surface area (Å²) < 4.78 is 0. The van der Waals surface area contributed by atoms with Gasteiger partial charge in [0.15, 0.2) is 0 Å². The van der Waals surface area contributed by atoms with Gasteiger partial charge in [0.05, 0.1) is 0 Å². The highest BCUT2D eigenvalue weighted by Crippen LogP contribution is 1.96. The lowest BCUT2D eigenvalue weighted by Gasteiger charge is -2.08. The molecule has 0 saturated carbocycles. The van der Waals surface area contributed by atoms with Crippen molar-refractivity contribution in [3.05, 3.63) is 0 Å². The minimum Gasteiger partial charge on any atom is -0.0737 e. The molecule has 8 heavy (non-hydrogen) atoms. The van der Waals surface area contributed by atoms with E-state index in [1.165, 1.54) is 12.5 Å². The molecular formula is C5H13Si3. The quantitative estimate of drug-likeness (QED) is 0.543. The first kappa shape index (κ1) is 8.65. The highest BCUT2D eigenvalue weighted by atomic mass is 29.6. The first-order valence-corrected chi connectivity index (χ1v) is 9.77. The van der Waals surface area contributed by atoms with Crippen LogP contribution in [0.5, 0.6) is 0 Å². The van der Waals surface area contributed by atoms with Gasteiger partial charge in [-0.25, -0.2) is 0 Å². The van der Waals surface area contributed by atoms with Crippen LogP contribution in [0.25, 0.3) is 0 Å². The van der Waals surface area contributed by atoms with Crippen LogP contribution in [-0.2, 0) is 0 Å². The van der Waals surface area contributed by atoms with Crippen LogP contribution in [0, 0.1) is 0 Å². The highest BCUT2D eigenvalue weighted by Gasteiger charge is 2.07. The van der Waals surface area contributed by atoms with Gasteiger partial charge in [-0.05, 0) is 0 Å². The topological polar surface area (TPSA) is 0 Å². The first-order chi connectivity index (χ1) is 3.68. The monoisotopic (exact) mass is 157 g/mol. The summed E-state index contributed by atoms with van der Waals surface area (Å²) in [6.45, 7) is 7.04. The minimum absolute atomic E-state index is 0.0405. The largest absolute Gasteiger partial charge is 0.0737 e. The van der Waals surface area contributed by atoms with Gasteiger partial charge in [-0.3, -0.25) is 0 Å². The maximum atomic E-state index is 3.80. The van der Waals surface area contributed by atoms with E-state index in [1.54, 1.807) is 0 Å². The van der Waals surface area contributed by atoms with E-state index in [0.717, 1.165) is 0 Å². The Morgan fingerprint density at radius 3 is 2.00 bits per heavy atom. The molecule has 0 saturated heterocycles. The summed E-state index contributed by atoms with van der Waals surface area (Å²) in [6.07, 6.45) is 1.35. The van der Waals surface area contributed by atoms with Crippen molar-refractivity contribution < 1.29 is 0 Å². The number of rotatable bonds is 3. The molecule has 0 aliphatic carbocycles.